The van der Waals surface area contributed by atoms with Crippen molar-refractivity contribution in [1.82, 2.24) is 8.75 Å². The van der Waals surface area contributed by atoms with Crippen LogP contribution in [-0.4, -0.2) is 8.75 Å². The van der Waals surface area contributed by atoms with Gasteiger partial charge in [-0.15, -0.1) is 0 Å². The summed E-state index contributed by atoms with van der Waals surface area (Å²) in [5, 5.41) is 0. The van der Waals surface area contributed by atoms with Crippen LogP contribution >= 0.6 is 23.1 Å². The van der Waals surface area contributed by atoms with Crippen molar-refractivity contribution in [2.75, 3.05) is 0 Å². The molecule has 22 heavy (non-hydrogen) atoms. The second-order valence-corrected chi connectivity index (χ2v) is 8.67. The average molecular weight is 337 g/mol. The van der Waals surface area contributed by atoms with E-state index in [0.717, 1.165) is 0 Å². The summed E-state index contributed by atoms with van der Waals surface area (Å²) in [7, 11) is 0. The Hall–Kier alpha value is -0.740. The van der Waals surface area contributed by atoms with Gasteiger partial charge in [0.1, 0.15) is 0 Å². The van der Waals surface area contributed by atoms with Crippen molar-refractivity contribution in [3.63, 3.8) is 0 Å². The Labute approximate surface area is 143 Å². The summed E-state index contributed by atoms with van der Waals surface area (Å²) in [6, 6.07) is 4.59. The van der Waals surface area contributed by atoms with Gasteiger partial charge >= 0.3 is 0 Å². The predicted octanol–water partition coefficient (Wildman–Crippen LogP) is 6.53. The Balaban J connectivity index is 1.90. The molecule has 0 aliphatic rings. The molecule has 0 saturated carbocycles. The molecule has 4 heteroatoms. The van der Waals surface area contributed by atoms with Gasteiger partial charge < -0.3 is 0 Å². The van der Waals surface area contributed by atoms with Crippen LogP contribution in [0.4, 0.5) is 0 Å². The zero-order valence-electron chi connectivity index (χ0n) is 14.6. The lowest BCUT2D eigenvalue weighted by molar-refractivity contribution is 0.562. The van der Waals surface area contributed by atoms with Crippen LogP contribution in [0.15, 0.2) is 12.1 Å². The van der Waals surface area contributed by atoms with Gasteiger partial charge in [-0.25, -0.2) is 0 Å². The Bertz CT molecular complexity index is 531. The third kappa shape index (κ3) is 4.39. The van der Waals surface area contributed by atoms with Gasteiger partial charge in [0.15, 0.2) is 0 Å². The molecule has 0 amide bonds. The van der Waals surface area contributed by atoms with E-state index < -0.39 is 0 Å². The molecule has 0 spiro atoms. The van der Waals surface area contributed by atoms with Crippen LogP contribution in [0.5, 0.6) is 0 Å². The summed E-state index contributed by atoms with van der Waals surface area (Å²) < 4.78 is 9.29. The van der Waals surface area contributed by atoms with Gasteiger partial charge in [0.25, 0.3) is 0 Å². The van der Waals surface area contributed by atoms with Gasteiger partial charge in [-0.1, -0.05) is 41.5 Å². The molecule has 0 fully saturated rings. The summed E-state index contributed by atoms with van der Waals surface area (Å²) in [6.45, 7) is 13.5. The van der Waals surface area contributed by atoms with Crippen LogP contribution in [0.1, 0.15) is 99.2 Å². The van der Waals surface area contributed by atoms with Gasteiger partial charge in [-0.05, 0) is 71.7 Å². The number of aromatic nitrogens is 2. The minimum absolute atomic E-state index is 0.536. The molecule has 122 valence electrons. The number of rotatable bonds is 7. The third-order valence-corrected chi connectivity index (χ3v) is 6.48. The Morgan fingerprint density at radius 2 is 1.09 bits per heavy atom. The van der Waals surface area contributed by atoms with E-state index in [2.05, 4.69) is 62.4 Å². The predicted molar refractivity (Wildman–Crippen MR) is 98.5 cm³/mol. The maximum absolute atomic E-state index is 4.64. The average Bonchev–Trinajstić information content (AvgIpc) is 3.12. The third-order valence-electron chi connectivity index (χ3n) is 4.27. The van der Waals surface area contributed by atoms with Crippen molar-refractivity contribution >= 4 is 23.1 Å². The van der Waals surface area contributed by atoms with E-state index in [4.69, 9.17) is 0 Å². The van der Waals surface area contributed by atoms with Gasteiger partial charge in [-0.2, -0.15) is 8.75 Å². The van der Waals surface area contributed by atoms with Crippen molar-refractivity contribution in [2.24, 2.45) is 0 Å². The number of hydrogen-bond acceptors (Lipinski definition) is 4. The lowest BCUT2D eigenvalue weighted by atomic mass is 9.93. The van der Waals surface area contributed by atoms with Crippen LogP contribution in [0.3, 0.4) is 0 Å². The molecule has 0 radical (unpaired) electrons. The molecule has 0 saturated heterocycles. The molecule has 2 rings (SSSR count). The molecule has 0 aliphatic heterocycles. The molecule has 2 atom stereocenters. The largest absolute Gasteiger partial charge is 0.197 e. The quantitative estimate of drug-likeness (QED) is 0.574. The molecule has 2 heterocycles. The highest BCUT2D eigenvalue weighted by molar-refractivity contribution is 7.06. The van der Waals surface area contributed by atoms with Gasteiger partial charge in [0.2, 0.25) is 0 Å². The molecule has 2 aromatic rings. The Kier molecular flexibility index (Phi) is 6.16. The first-order chi connectivity index (χ1) is 10.4. The molecule has 2 nitrogen and oxygen atoms in total. The smallest absolute Gasteiger partial charge is 0.0573 e. The lowest BCUT2D eigenvalue weighted by Crippen LogP contribution is -1.99. The molecular weight excluding hydrogens is 308 g/mol. The molecule has 2 aromatic heterocycles. The van der Waals surface area contributed by atoms with Crippen molar-refractivity contribution in [2.45, 2.75) is 78.1 Å². The fourth-order valence-corrected chi connectivity index (χ4v) is 4.07. The summed E-state index contributed by atoms with van der Waals surface area (Å²) in [6.07, 6.45) is 2.36. The molecular formula is C18H28N2S2. The van der Waals surface area contributed by atoms with E-state index in [1.54, 1.807) is 23.1 Å². The monoisotopic (exact) mass is 336 g/mol. The summed E-state index contributed by atoms with van der Waals surface area (Å²) in [5.41, 5.74) is 2.53. The van der Waals surface area contributed by atoms with E-state index in [1.165, 1.54) is 34.0 Å². The first kappa shape index (κ1) is 17.6. The number of hydrogen-bond donors (Lipinski definition) is 0. The SMILES string of the molecule is CC(C)c1cc(C(C)CCC(C)c2cc(C(C)C)sn2)ns1. The highest BCUT2D eigenvalue weighted by Gasteiger charge is 2.16. The van der Waals surface area contributed by atoms with Gasteiger partial charge in [0, 0.05) is 9.75 Å². The standard InChI is InChI=1S/C18H28N2S2/c1-11(2)17-9-15(19-21-17)13(5)7-8-14(6)16-10-18(12(3)4)22-20-16/h9-14H,7-8H2,1-6H3. The number of nitrogens with zero attached hydrogens (tertiary/aromatic N) is 2. The summed E-state index contributed by atoms with van der Waals surface area (Å²) >= 11 is 3.32. The van der Waals surface area contributed by atoms with Crippen LogP contribution < -0.4 is 0 Å². The Morgan fingerprint density at radius 1 is 0.727 bits per heavy atom. The lowest BCUT2D eigenvalue weighted by Gasteiger charge is -2.12. The first-order valence-electron chi connectivity index (χ1n) is 8.31. The highest BCUT2D eigenvalue weighted by Crippen LogP contribution is 2.31. The first-order valence-corrected chi connectivity index (χ1v) is 9.86. The minimum atomic E-state index is 0.536. The second kappa shape index (κ2) is 7.69. The van der Waals surface area contributed by atoms with E-state index >= 15 is 0 Å². The second-order valence-electron chi connectivity index (χ2n) is 7.00. The van der Waals surface area contributed by atoms with Crippen LogP contribution in [-0.2, 0) is 0 Å². The molecule has 2 unspecified atom stereocenters. The van der Waals surface area contributed by atoms with Crippen LogP contribution in [0.2, 0.25) is 0 Å². The zero-order chi connectivity index (χ0) is 16.3. The molecule has 0 bridgehead atoms. The maximum Gasteiger partial charge on any atom is 0.0573 e. The van der Waals surface area contributed by atoms with Crippen molar-refractivity contribution in [3.05, 3.63) is 33.3 Å². The fraction of sp³-hybridized carbons (Fsp3) is 0.667. The van der Waals surface area contributed by atoms with Crippen LogP contribution in [0.25, 0.3) is 0 Å². The zero-order valence-corrected chi connectivity index (χ0v) is 16.2. The normalized spacial score (nSPS) is 14.7. The van der Waals surface area contributed by atoms with Crippen molar-refractivity contribution in [3.8, 4) is 0 Å². The van der Waals surface area contributed by atoms with E-state index in [0.29, 0.717) is 23.7 Å². The molecule has 0 N–H and O–H groups in total. The Morgan fingerprint density at radius 3 is 1.36 bits per heavy atom. The van der Waals surface area contributed by atoms with E-state index in [-0.39, 0.29) is 0 Å². The van der Waals surface area contributed by atoms with E-state index in [9.17, 15) is 0 Å². The van der Waals surface area contributed by atoms with E-state index in [1.807, 2.05) is 0 Å². The molecule has 0 aliphatic carbocycles. The highest BCUT2D eigenvalue weighted by atomic mass is 32.1. The fourth-order valence-electron chi connectivity index (χ4n) is 2.41. The van der Waals surface area contributed by atoms with Crippen LogP contribution in [0, 0.1) is 0 Å². The summed E-state index contributed by atoms with van der Waals surface area (Å²) in [5.74, 6) is 2.24. The van der Waals surface area contributed by atoms with Gasteiger partial charge in [0.05, 0.1) is 11.4 Å². The summed E-state index contributed by atoms with van der Waals surface area (Å²) in [4.78, 5) is 2.80. The topological polar surface area (TPSA) is 25.8 Å². The van der Waals surface area contributed by atoms with Crippen molar-refractivity contribution in [1.29, 1.82) is 0 Å². The van der Waals surface area contributed by atoms with Gasteiger partial charge in [-0.3, -0.25) is 0 Å². The minimum Gasteiger partial charge on any atom is -0.197 e. The maximum atomic E-state index is 4.64. The molecule has 0 aromatic carbocycles. The van der Waals surface area contributed by atoms with Crippen molar-refractivity contribution < 1.29 is 0 Å².